The second-order valence-corrected chi connectivity index (χ2v) is 5.32. The Kier molecular flexibility index (Phi) is 4.61. The van der Waals surface area contributed by atoms with Gasteiger partial charge in [-0.25, -0.2) is 4.79 Å². The molecular weight excluding hydrogens is 250 g/mol. The molecule has 0 saturated carbocycles. The van der Waals surface area contributed by atoms with Crippen LogP contribution in [-0.2, 0) is 4.74 Å². The molecule has 4 heteroatoms. The molecule has 0 bridgehead atoms. The molecule has 98 valence electrons. The van der Waals surface area contributed by atoms with Gasteiger partial charge in [0, 0.05) is 17.9 Å². The van der Waals surface area contributed by atoms with Crippen LogP contribution in [0.15, 0.2) is 24.3 Å². The Hall–Kier alpha value is -1.06. The molecule has 18 heavy (non-hydrogen) atoms. The first-order chi connectivity index (χ1) is 8.65. The monoisotopic (exact) mass is 268 g/mol. The Morgan fingerprint density at radius 2 is 1.94 bits per heavy atom. The molecule has 0 aliphatic carbocycles. The van der Waals surface area contributed by atoms with Crippen molar-refractivity contribution in [2.45, 2.75) is 25.9 Å². The van der Waals surface area contributed by atoms with E-state index in [1.165, 1.54) is 30.8 Å². The molecule has 1 aliphatic heterocycles. The summed E-state index contributed by atoms with van der Waals surface area (Å²) in [7, 11) is 0. The number of likely N-dealkylation sites (tertiary alicyclic amines) is 1. The molecule has 1 aromatic carbocycles. The van der Waals surface area contributed by atoms with Crippen molar-refractivity contribution in [3.05, 3.63) is 34.9 Å². The molecule has 1 aromatic rings. The zero-order valence-corrected chi connectivity index (χ0v) is 11.4. The van der Waals surface area contributed by atoms with Crippen molar-refractivity contribution in [3.8, 4) is 0 Å². The minimum absolute atomic E-state index is 0.0405. The van der Waals surface area contributed by atoms with Gasteiger partial charge in [-0.3, -0.25) is 0 Å². The van der Waals surface area contributed by atoms with Crippen LogP contribution in [0.5, 0.6) is 0 Å². The Bertz CT molecular complexity index is 399. The minimum Gasteiger partial charge on any atom is -0.453 e. The van der Waals surface area contributed by atoms with Gasteiger partial charge in [-0.1, -0.05) is 11.6 Å². The zero-order chi connectivity index (χ0) is 13.0. The van der Waals surface area contributed by atoms with Crippen LogP contribution in [0.3, 0.4) is 0 Å². The molecule has 0 aromatic heterocycles. The van der Waals surface area contributed by atoms with Crippen molar-refractivity contribution in [3.63, 3.8) is 0 Å². The SMILES string of the molecule is C[C@@H](C[NH+]1CCCC1)OC(=O)c1ccc(Cl)cc1. The molecule has 1 atom stereocenters. The predicted molar refractivity (Wildman–Crippen MR) is 71.1 cm³/mol. The molecule has 0 amide bonds. The minimum atomic E-state index is -0.266. The fourth-order valence-corrected chi connectivity index (χ4v) is 2.49. The number of quaternary nitrogens is 1. The van der Waals surface area contributed by atoms with E-state index < -0.39 is 0 Å². The molecule has 0 radical (unpaired) electrons. The molecule has 1 N–H and O–H groups in total. The number of nitrogens with one attached hydrogen (secondary N) is 1. The number of hydrogen-bond donors (Lipinski definition) is 1. The fourth-order valence-electron chi connectivity index (χ4n) is 2.36. The van der Waals surface area contributed by atoms with Gasteiger partial charge in [-0.15, -0.1) is 0 Å². The largest absolute Gasteiger partial charge is 0.453 e. The predicted octanol–water partition coefficient (Wildman–Crippen LogP) is 1.56. The highest BCUT2D eigenvalue weighted by Crippen LogP contribution is 2.11. The summed E-state index contributed by atoms with van der Waals surface area (Å²) in [6, 6.07) is 6.79. The van der Waals surface area contributed by atoms with Crippen LogP contribution in [0.25, 0.3) is 0 Å². The normalized spacial score (nSPS) is 17.7. The van der Waals surface area contributed by atoms with Crippen LogP contribution in [0.4, 0.5) is 0 Å². The number of rotatable bonds is 4. The Morgan fingerprint density at radius 3 is 2.56 bits per heavy atom. The lowest BCUT2D eigenvalue weighted by Gasteiger charge is -2.18. The summed E-state index contributed by atoms with van der Waals surface area (Å²) in [5.74, 6) is -0.266. The van der Waals surface area contributed by atoms with Crippen molar-refractivity contribution in [2.75, 3.05) is 19.6 Å². The summed E-state index contributed by atoms with van der Waals surface area (Å²) < 4.78 is 5.44. The van der Waals surface area contributed by atoms with Gasteiger partial charge in [-0.2, -0.15) is 0 Å². The van der Waals surface area contributed by atoms with Crippen LogP contribution in [0.1, 0.15) is 30.1 Å². The maximum Gasteiger partial charge on any atom is 0.338 e. The summed E-state index contributed by atoms with van der Waals surface area (Å²) in [5.41, 5.74) is 0.558. The van der Waals surface area contributed by atoms with Gasteiger partial charge in [0.25, 0.3) is 0 Å². The highest BCUT2D eigenvalue weighted by molar-refractivity contribution is 6.30. The fraction of sp³-hybridized carbons (Fsp3) is 0.500. The first-order valence-corrected chi connectivity index (χ1v) is 6.83. The van der Waals surface area contributed by atoms with Gasteiger partial charge >= 0.3 is 5.97 Å². The first-order valence-electron chi connectivity index (χ1n) is 6.45. The third kappa shape index (κ3) is 3.72. The maximum atomic E-state index is 11.9. The second-order valence-electron chi connectivity index (χ2n) is 4.88. The lowest BCUT2D eigenvalue weighted by atomic mass is 10.2. The quantitative estimate of drug-likeness (QED) is 0.841. The van der Waals surface area contributed by atoms with E-state index in [-0.39, 0.29) is 12.1 Å². The van der Waals surface area contributed by atoms with E-state index in [9.17, 15) is 4.79 Å². The number of carbonyl (C=O) groups excluding carboxylic acids is 1. The van der Waals surface area contributed by atoms with Crippen molar-refractivity contribution >= 4 is 17.6 Å². The van der Waals surface area contributed by atoms with Gasteiger partial charge in [0.15, 0.2) is 0 Å². The number of halogens is 1. The second kappa shape index (κ2) is 6.21. The van der Waals surface area contributed by atoms with Crippen LogP contribution in [0.2, 0.25) is 5.02 Å². The first kappa shape index (κ1) is 13.4. The van der Waals surface area contributed by atoms with Crippen molar-refractivity contribution in [1.82, 2.24) is 0 Å². The zero-order valence-electron chi connectivity index (χ0n) is 10.6. The molecule has 1 saturated heterocycles. The number of hydrogen-bond acceptors (Lipinski definition) is 2. The van der Waals surface area contributed by atoms with E-state index in [2.05, 4.69) is 0 Å². The highest BCUT2D eigenvalue weighted by atomic mass is 35.5. The average molecular weight is 269 g/mol. The van der Waals surface area contributed by atoms with Gasteiger partial charge in [-0.05, 0) is 31.2 Å². The van der Waals surface area contributed by atoms with Crippen LogP contribution < -0.4 is 4.90 Å². The standard InChI is InChI=1S/C14H18ClNO2/c1-11(10-16-8-2-3-9-16)18-14(17)12-4-6-13(15)7-5-12/h4-7,11H,2-3,8-10H2,1H3/p+1/t11-/m0/s1. The lowest BCUT2D eigenvalue weighted by molar-refractivity contribution is -0.890. The van der Waals surface area contributed by atoms with Crippen LogP contribution >= 0.6 is 11.6 Å². The van der Waals surface area contributed by atoms with Gasteiger partial charge in [0.1, 0.15) is 12.6 Å². The number of benzene rings is 1. The summed E-state index contributed by atoms with van der Waals surface area (Å²) in [6.07, 6.45) is 2.53. The lowest BCUT2D eigenvalue weighted by Crippen LogP contribution is -3.11. The molecule has 1 aliphatic rings. The Morgan fingerprint density at radius 1 is 1.33 bits per heavy atom. The molecule has 0 unspecified atom stereocenters. The van der Waals surface area contributed by atoms with E-state index in [0.29, 0.717) is 10.6 Å². The molecular formula is C14H19ClNO2+. The molecule has 3 nitrogen and oxygen atoms in total. The third-order valence-electron chi connectivity index (χ3n) is 3.27. The number of esters is 1. The highest BCUT2D eigenvalue weighted by Gasteiger charge is 2.20. The summed E-state index contributed by atoms with van der Waals surface area (Å²) in [5, 5.41) is 0.626. The van der Waals surface area contributed by atoms with Gasteiger partial charge in [0.05, 0.1) is 18.7 Å². The summed E-state index contributed by atoms with van der Waals surface area (Å²) >= 11 is 5.78. The van der Waals surface area contributed by atoms with E-state index in [0.717, 1.165) is 6.54 Å². The van der Waals surface area contributed by atoms with Crippen molar-refractivity contribution in [2.24, 2.45) is 0 Å². The van der Waals surface area contributed by atoms with Crippen LogP contribution in [0, 0.1) is 0 Å². The summed E-state index contributed by atoms with van der Waals surface area (Å²) in [6.45, 7) is 5.25. The summed E-state index contributed by atoms with van der Waals surface area (Å²) in [4.78, 5) is 13.4. The number of carbonyl (C=O) groups is 1. The molecule has 2 rings (SSSR count). The molecule has 0 spiro atoms. The van der Waals surface area contributed by atoms with E-state index >= 15 is 0 Å². The Labute approximate surface area is 113 Å². The van der Waals surface area contributed by atoms with E-state index in [4.69, 9.17) is 16.3 Å². The Balaban J connectivity index is 1.84. The van der Waals surface area contributed by atoms with Gasteiger partial charge < -0.3 is 9.64 Å². The average Bonchev–Trinajstić information content (AvgIpc) is 2.82. The van der Waals surface area contributed by atoms with Crippen molar-refractivity contribution in [1.29, 1.82) is 0 Å². The van der Waals surface area contributed by atoms with E-state index in [1.807, 2.05) is 6.92 Å². The smallest absolute Gasteiger partial charge is 0.338 e. The topological polar surface area (TPSA) is 30.7 Å². The van der Waals surface area contributed by atoms with Crippen LogP contribution in [-0.4, -0.2) is 31.7 Å². The molecule has 1 fully saturated rings. The van der Waals surface area contributed by atoms with E-state index in [1.54, 1.807) is 24.3 Å². The van der Waals surface area contributed by atoms with Crippen molar-refractivity contribution < 1.29 is 14.4 Å². The third-order valence-corrected chi connectivity index (χ3v) is 3.53. The maximum absolute atomic E-state index is 11.9. The molecule has 1 heterocycles. The van der Waals surface area contributed by atoms with Gasteiger partial charge in [0.2, 0.25) is 0 Å². The number of ether oxygens (including phenoxy) is 1.